The minimum atomic E-state index is -0.531. The first-order chi connectivity index (χ1) is 16.4. The molecule has 0 atom stereocenters. The van der Waals surface area contributed by atoms with Crippen LogP contribution in [0.2, 0.25) is 0 Å². The highest BCUT2D eigenvalue weighted by molar-refractivity contribution is 7.09. The topological polar surface area (TPSA) is 86.0 Å². The molecule has 2 aliphatic rings. The van der Waals surface area contributed by atoms with E-state index in [1.165, 1.54) is 30.7 Å². The molecule has 0 bridgehead atoms. The number of aromatic nitrogens is 3. The Labute approximate surface area is 202 Å². The molecule has 2 fully saturated rings. The van der Waals surface area contributed by atoms with E-state index in [1.807, 2.05) is 0 Å². The summed E-state index contributed by atoms with van der Waals surface area (Å²) in [4.78, 5) is 42.9. The maximum absolute atomic E-state index is 15.2. The van der Waals surface area contributed by atoms with Gasteiger partial charge in [0.05, 0.1) is 23.1 Å². The molecule has 1 aromatic carbocycles. The first kappa shape index (κ1) is 23.0. The number of nitrogens with zero attached hydrogens (tertiary/aromatic N) is 3. The van der Waals surface area contributed by atoms with Gasteiger partial charge in [0.2, 0.25) is 0 Å². The fraction of sp³-hybridized carbons (Fsp3) is 0.520. The Kier molecular flexibility index (Phi) is 6.38. The third kappa shape index (κ3) is 4.33. The maximum atomic E-state index is 15.2. The first-order valence-electron chi connectivity index (χ1n) is 12.1. The Bertz CT molecular complexity index is 1350. The van der Waals surface area contributed by atoms with Crippen LogP contribution >= 0.6 is 11.3 Å². The van der Waals surface area contributed by atoms with Crippen LogP contribution in [-0.4, -0.2) is 25.9 Å². The van der Waals surface area contributed by atoms with Crippen LogP contribution in [0, 0.1) is 5.82 Å². The van der Waals surface area contributed by atoms with Gasteiger partial charge in [-0.15, -0.1) is 11.3 Å². The molecular formula is C25H31FN4O3S. The molecule has 2 heterocycles. The molecule has 182 valence electrons. The lowest BCUT2D eigenvalue weighted by Gasteiger charge is -2.25. The number of nitrogens with one attached hydrogen (secondary N) is 1. The maximum Gasteiger partial charge on any atom is 0.332 e. The highest BCUT2D eigenvalue weighted by Crippen LogP contribution is 2.32. The van der Waals surface area contributed by atoms with Gasteiger partial charge in [-0.05, 0) is 37.8 Å². The van der Waals surface area contributed by atoms with Crippen LogP contribution in [0.15, 0.2) is 27.1 Å². The molecule has 9 heteroatoms. The molecule has 1 N–H and O–H groups in total. The molecule has 0 radical (unpaired) electrons. The standard InChI is InChI=1S/C25H29FN4O3S.H2/c1-15(31)21-14-34-23(28-21)13-29-24(32)18-11-19(26)20(27-16-7-3-2-4-8-16)12-22(18)30(25(29)33)17-9-5-6-10-17;/h11-12,14,16-17,27H,2-10,13H2,1H3;1H. The summed E-state index contributed by atoms with van der Waals surface area (Å²) in [7, 11) is 0. The fourth-order valence-corrected chi connectivity index (χ4v) is 6.13. The number of halogens is 1. The van der Waals surface area contributed by atoms with Crippen molar-refractivity contribution in [3.63, 3.8) is 0 Å². The number of carbonyl (C=O) groups is 1. The van der Waals surface area contributed by atoms with E-state index in [1.54, 1.807) is 16.0 Å². The van der Waals surface area contributed by atoms with Crippen molar-refractivity contribution in [2.75, 3.05) is 5.32 Å². The van der Waals surface area contributed by atoms with Gasteiger partial charge in [0.1, 0.15) is 16.5 Å². The lowest BCUT2D eigenvalue weighted by atomic mass is 9.95. The minimum absolute atomic E-state index is 0. The van der Waals surface area contributed by atoms with Crippen molar-refractivity contribution >= 4 is 33.7 Å². The quantitative estimate of drug-likeness (QED) is 0.489. The average molecular weight is 487 g/mol. The SMILES string of the molecule is CC(=O)c1csc(Cn2c(=O)c3cc(F)c(NC4CCCCC4)cc3n(C3CCCC3)c2=O)n1.[HH]. The van der Waals surface area contributed by atoms with Crippen molar-refractivity contribution in [3.8, 4) is 0 Å². The second-order valence-electron chi connectivity index (χ2n) is 9.49. The highest BCUT2D eigenvalue weighted by atomic mass is 32.1. The Balaban J connectivity index is 0.00000289. The number of rotatable bonds is 6. The molecule has 2 saturated carbocycles. The molecule has 5 rings (SSSR count). The van der Waals surface area contributed by atoms with E-state index in [4.69, 9.17) is 0 Å². The molecule has 0 amide bonds. The number of thiazole rings is 1. The van der Waals surface area contributed by atoms with Crippen molar-refractivity contribution in [2.45, 2.75) is 83.3 Å². The van der Waals surface area contributed by atoms with Crippen LogP contribution in [-0.2, 0) is 6.54 Å². The lowest BCUT2D eigenvalue weighted by Crippen LogP contribution is -2.41. The Morgan fingerprint density at radius 2 is 1.85 bits per heavy atom. The van der Waals surface area contributed by atoms with Crippen molar-refractivity contribution in [1.29, 1.82) is 0 Å². The summed E-state index contributed by atoms with van der Waals surface area (Å²) in [5, 5.41) is 5.65. The van der Waals surface area contributed by atoms with Crippen molar-refractivity contribution in [1.82, 2.24) is 14.1 Å². The van der Waals surface area contributed by atoms with E-state index < -0.39 is 17.1 Å². The smallest absolute Gasteiger partial charge is 0.332 e. The summed E-state index contributed by atoms with van der Waals surface area (Å²) in [5.41, 5.74) is 0.223. The van der Waals surface area contributed by atoms with Crippen LogP contribution in [0.25, 0.3) is 10.9 Å². The number of benzene rings is 1. The second kappa shape index (κ2) is 9.44. The minimum Gasteiger partial charge on any atom is -0.380 e. The number of hydrogen-bond donors (Lipinski definition) is 1. The van der Waals surface area contributed by atoms with E-state index >= 15 is 4.39 Å². The zero-order chi connectivity index (χ0) is 23.8. The molecule has 0 saturated heterocycles. The summed E-state index contributed by atoms with van der Waals surface area (Å²) in [6.07, 6.45) is 9.14. The van der Waals surface area contributed by atoms with Crippen LogP contribution < -0.4 is 16.6 Å². The highest BCUT2D eigenvalue weighted by Gasteiger charge is 2.25. The Morgan fingerprint density at radius 3 is 2.53 bits per heavy atom. The predicted molar refractivity (Wildman–Crippen MR) is 134 cm³/mol. The monoisotopic (exact) mass is 486 g/mol. The Hall–Kier alpha value is -2.81. The van der Waals surface area contributed by atoms with Crippen LogP contribution in [0.5, 0.6) is 0 Å². The molecule has 3 aromatic rings. The number of anilines is 1. The van der Waals surface area contributed by atoms with E-state index in [0.717, 1.165) is 55.9 Å². The molecule has 0 spiro atoms. The number of ketones is 1. The Morgan fingerprint density at radius 1 is 1.15 bits per heavy atom. The van der Waals surface area contributed by atoms with E-state index in [2.05, 4.69) is 10.3 Å². The van der Waals surface area contributed by atoms with Gasteiger partial charge >= 0.3 is 5.69 Å². The van der Waals surface area contributed by atoms with E-state index in [9.17, 15) is 14.4 Å². The van der Waals surface area contributed by atoms with Crippen molar-refractivity contribution in [3.05, 3.63) is 54.9 Å². The lowest BCUT2D eigenvalue weighted by molar-refractivity contribution is 0.101. The average Bonchev–Trinajstić information content (AvgIpc) is 3.51. The third-order valence-electron chi connectivity index (χ3n) is 7.12. The summed E-state index contributed by atoms with van der Waals surface area (Å²) in [5.74, 6) is -0.650. The molecule has 2 aromatic heterocycles. The normalized spacial score (nSPS) is 17.5. The van der Waals surface area contributed by atoms with Gasteiger partial charge in [-0.3, -0.25) is 18.7 Å². The number of fused-ring (bicyclic) bond motifs is 1. The largest absolute Gasteiger partial charge is 0.380 e. The van der Waals surface area contributed by atoms with Crippen LogP contribution in [0.3, 0.4) is 0 Å². The van der Waals surface area contributed by atoms with Gasteiger partial charge in [0.25, 0.3) is 5.56 Å². The van der Waals surface area contributed by atoms with Crippen molar-refractivity contribution < 1.29 is 10.6 Å². The zero-order valence-electron chi connectivity index (χ0n) is 19.3. The molecule has 0 aliphatic heterocycles. The molecule has 0 unspecified atom stereocenters. The molecule has 2 aliphatic carbocycles. The molecular weight excluding hydrogens is 455 g/mol. The van der Waals surface area contributed by atoms with Crippen molar-refractivity contribution in [2.24, 2.45) is 0 Å². The van der Waals surface area contributed by atoms with E-state index in [0.29, 0.717) is 21.9 Å². The predicted octanol–water partition coefficient (Wildman–Crippen LogP) is 5.12. The van der Waals surface area contributed by atoms with Gasteiger partial charge in [0.15, 0.2) is 5.78 Å². The molecule has 34 heavy (non-hydrogen) atoms. The van der Waals surface area contributed by atoms with Gasteiger partial charge in [-0.2, -0.15) is 0 Å². The summed E-state index contributed by atoms with van der Waals surface area (Å²) in [6.45, 7) is 1.39. The summed E-state index contributed by atoms with van der Waals surface area (Å²) >= 11 is 1.23. The van der Waals surface area contributed by atoms with E-state index in [-0.39, 0.29) is 31.2 Å². The summed E-state index contributed by atoms with van der Waals surface area (Å²) < 4.78 is 18.0. The van der Waals surface area contributed by atoms with Gasteiger partial charge in [0, 0.05) is 25.8 Å². The van der Waals surface area contributed by atoms with Gasteiger partial charge in [-0.25, -0.2) is 14.2 Å². The second-order valence-corrected chi connectivity index (χ2v) is 10.4. The van der Waals surface area contributed by atoms with Gasteiger partial charge < -0.3 is 5.32 Å². The fourth-order valence-electron chi connectivity index (χ4n) is 5.31. The zero-order valence-corrected chi connectivity index (χ0v) is 20.1. The number of Topliss-reactive ketones (excluding diaryl/α,β-unsaturated/α-hetero) is 1. The first-order valence-corrected chi connectivity index (χ1v) is 13.0. The number of hydrogen-bond acceptors (Lipinski definition) is 6. The van der Waals surface area contributed by atoms with Gasteiger partial charge in [-0.1, -0.05) is 32.1 Å². The van der Waals surface area contributed by atoms with Crippen LogP contribution in [0.1, 0.15) is 87.7 Å². The van der Waals surface area contributed by atoms with Crippen LogP contribution in [0.4, 0.5) is 10.1 Å². The summed E-state index contributed by atoms with van der Waals surface area (Å²) in [6, 6.07) is 3.10. The number of carbonyl (C=O) groups excluding carboxylic acids is 1. The molecule has 7 nitrogen and oxygen atoms in total. The third-order valence-corrected chi connectivity index (χ3v) is 7.95.